The lowest BCUT2D eigenvalue weighted by Gasteiger charge is -2.13. The molecule has 0 aliphatic heterocycles. The number of nitrogens with zero attached hydrogens (tertiary/aromatic N) is 2. The highest BCUT2D eigenvalue weighted by molar-refractivity contribution is 6.30. The first-order valence-electron chi connectivity index (χ1n) is 7.13. The minimum atomic E-state index is -0.0467. The molecule has 2 N–H and O–H groups in total. The van der Waals surface area contributed by atoms with Crippen LogP contribution in [0.1, 0.15) is 6.92 Å². The smallest absolute Gasteiger partial charge is 0.243 e. The second-order valence-corrected chi connectivity index (χ2v) is 5.15. The number of halogens is 1. The zero-order valence-corrected chi connectivity index (χ0v) is 14.0. The first kappa shape index (κ1) is 18.1. The number of hydrogen-bond donors (Lipinski definition) is 2. The Hall–Kier alpha value is -1.95. The van der Waals surface area contributed by atoms with Crippen molar-refractivity contribution in [2.75, 3.05) is 40.3 Å². The summed E-state index contributed by atoms with van der Waals surface area (Å²) in [6.45, 7) is 3.86. The van der Waals surface area contributed by atoms with Gasteiger partial charge < -0.3 is 20.3 Å². The molecule has 0 aromatic heterocycles. The molecule has 0 radical (unpaired) electrons. The van der Waals surface area contributed by atoms with E-state index in [4.69, 9.17) is 16.3 Å². The van der Waals surface area contributed by atoms with Gasteiger partial charge in [-0.1, -0.05) is 11.6 Å². The molecular weight excluding hydrogens is 304 g/mol. The van der Waals surface area contributed by atoms with Crippen molar-refractivity contribution in [3.63, 3.8) is 0 Å². The van der Waals surface area contributed by atoms with Crippen LogP contribution in [0.2, 0.25) is 5.02 Å². The van der Waals surface area contributed by atoms with Gasteiger partial charge in [0.1, 0.15) is 18.9 Å². The molecule has 0 unspecified atom stereocenters. The van der Waals surface area contributed by atoms with E-state index < -0.39 is 0 Å². The zero-order valence-electron chi connectivity index (χ0n) is 13.2. The Balaban J connectivity index is 2.36. The first-order chi connectivity index (χ1) is 10.5. The van der Waals surface area contributed by atoms with Crippen molar-refractivity contribution in [3.8, 4) is 5.75 Å². The number of hydrogen-bond acceptors (Lipinski definition) is 3. The highest BCUT2D eigenvalue weighted by atomic mass is 35.5. The van der Waals surface area contributed by atoms with E-state index in [1.807, 2.05) is 19.1 Å². The maximum atomic E-state index is 11.5. The predicted octanol–water partition coefficient (Wildman–Crippen LogP) is 1.36. The molecule has 0 aliphatic rings. The number of guanidine groups is 1. The van der Waals surface area contributed by atoms with E-state index in [1.165, 1.54) is 4.90 Å². The SMILES string of the molecule is CCNC(=NCC(=O)N(C)C)NCCOc1ccc(Cl)cc1. The van der Waals surface area contributed by atoms with E-state index in [9.17, 15) is 4.79 Å². The summed E-state index contributed by atoms with van der Waals surface area (Å²) >= 11 is 5.81. The highest BCUT2D eigenvalue weighted by Crippen LogP contribution is 2.14. The molecule has 0 saturated carbocycles. The Morgan fingerprint density at radius 1 is 1.27 bits per heavy atom. The third-order valence-corrected chi connectivity index (χ3v) is 2.94. The number of nitrogens with one attached hydrogen (secondary N) is 2. The van der Waals surface area contributed by atoms with Gasteiger partial charge in [0.05, 0.1) is 6.54 Å². The minimum Gasteiger partial charge on any atom is -0.492 e. The van der Waals surface area contributed by atoms with E-state index in [1.54, 1.807) is 26.2 Å². The normalized spacial score (nSPS) is 11.0. The summed E-state index contributed by atoms with van der Waals surface area (Å²) in [5, 5.41) is 6.87. The number of benzene rings is 1. The lowest BCUT2D eigenvalue weighted by molar-refractivity contribution is -0.127. The summed E-state index contributed by atoms with van der Waals surface area (Å²) in [5.74, 6) is 1.31. The van der Waals surface area contributed by atoms with Crippen LogP contribution >= 0.6 is 11.6 Å². The van der Waals surface area contributed by atoms with Crippen LogP contribution in [0.25, 0.3) is 0 Å². The molecule has 1 rings (SSSR count). The Morgan fingerprint density at radius 2 is 1.95 bits per heavy atom. The van der Waals surface area contributed by atoms with Gasteiger partial charge in [0.2, 0.25) is 5.91 Å². The van der Waals surface area contributed by atoms with Crippen molar-refractivity contribution < 1.29 is 9.53 Å². The van der Waals surface area contributed by atoms with Gasteiger partial charge in [-0.15, -0.1) is 0 Å². The third-order valence-electron chi connectivity index (χ3n) is 2.69. The number of ether oxygens (including phenoxy) is 1. The fourth-order valence-corrected chi connectivity index (χ4v) is 1.62. The Bertz CT molecular complexity index is 489. The van der Waals surface area contributed by atoms with Crippen molar-refractivity contribution >= 4 is 23.5 Å². The molecule has 0 heterocycles. The molecule has 22 heavy (non-hydrogen) atoms. The largest absolute Gasteiger partial charge is 0.492 e. The van der Waals surface area contributed by atoms with E-state index >= 15 is 0 Å². The van der Waals surface area contributed by atoms with E-state index in [2.05, 4.69) is 15.6 Å². The summed E-state index contributed by atoms with van der Waals surface area (Å²) in [7, 11) is 3.41. The molecule has 0 atom stereocenters. The topological polar surface area (TPSA) is 66.0 Å². The molecule has 1 aromatic rings. The summed E-state index contributed by atoms with van der Waals surface area (Å²) in [6, 6.07) is 7.19. The second kappa shape index (κ2) is 9.89. The van der Waals surface area contributed by atoms with Gasteiger partial charge in [0.25, 0.3) is 0 Å². The van der Waals surface area contributed by atoms with Gasteiger partial charge >= 0.3 is 0 Å². The molecule has 1 amide bonds. The molecule has 7 heteroatoms. The Labute approximate surface area is 136 Å². The Morgan fingerprint density at radius 3 is 2.55 bits per heavy atom. The molecule has 6 nitrogen and oxygen atoms in total. The van der Waals surface area contributed by atoms with E-state index in [0.29, 0.717) is 24.1 Å². The van der Waals surface area contributed by atoms with Gasteiger partial charge in [-0.2, -0.15) is 0 Å². The minimum absolute atomic E-state index is 0.0467. The van der Waals surface area contributed by atoms with Gasteiger partial charge in [0, 0.05) is 25.7 Å². The van der Waals surface area contributed by atoms with Crippen molar-refractivity contribution in [2.45, 2.75) is 6.92 Å². The molecule has 0 fully saturated rings. The lowest BCUT2D eigenvalue weighted by atomic mass is 10.3. The van der Waals surface area contributed by atoms with Crippen molar-refractivity contribution in [1.29, 1.82) is 0 Å². The van der Waals surface area contributed by atoms with Gasteiger partial charge in [0.15, 0.2) is 5.96 Å². The van der Waals surface area contributed by atoms with Gasteiger partial charge in [-0.05, 0) is 31.2 Å². The highest BCUT2D eigenvalue weighted by Gasteiger charge is 2.03. The average Bonchev–Trinajstić information content (AvgIpc) is 2.50. The number of amides is 1. The third kappa shape index (κ3) is 7.17. The maximum absolute atomic E-state index is 11.5. The van der Waals surface area contributed by atoms with Crippen LogP contribution in [0.15, 0.2) is 29.3 Å². The van der Waals surface area contributed by atoms with E-state index in [0.717, 1.165) is 12.3 Å². The van der Waals surface area contributed by atoms with Crippen molar-refractivity contribution in [3.05, 3.63) is 29.3 Å². The molecule has 0 saturated heterocycles. The van der Waals surface area contributed by atoms with Gasteiger partial charge in [-0.25, -0.2) is 4.99 Å². The molecular formula is C15H23ClN4O2. The summed E-state index contributed by atoms with van der Waals surface area (Å²) in [5.41, 5.74) is 0. The number of likely N-dealkylation sites (N-methyl/N-ethyl adjacent to an activating group) is 1. The predicted molar refractivity (Wildman–Crippen MR) is 89.6 cm³/mol. The number of rotatable bonds is 7. The zero-order chi connectivity index (χ0) is 16.4. The van der Waals surface area contributed by atoms with Crippen LogP contribution in [0.4, 0.5) is 0 Å². The Kier molecular flexibility index (Phi) is 8.14. The summed E-state index contributed by atoms with van der Waals surface area (Å²) in [4.78, 5) is 17.3. The van der Waals surface area contributed by atoms with E-state index in [-0.39, 0.29) is 12.5 Å². The van der Waals surface area contributed by atoms with Crippen LogP contribution in [0, 0.1) is 0 Å². The quantitative estimate of drug-likeness (QED) is 0.451. The molecule has 0 bridgehead atoms. The summed E-state index contributed by atoms with van der Waals surface area (Å²) in [6.07, 6.45) is 0. The number of aliphatic imine (C=N–C) groups is 1. The molecule has 0 spiro atoms. The second-order valence-electron chi connectivity index (χ2n) is 4.71. The van der Waals surface area contributed by atoms with Crippen molar-refractivity contribution in [1.82, 2.24) is 15.5 Å². The molecule has 0 aliphatic carbocycles. The van der Waals surface area contributed by atoms with Crippen LogP contribution < -0.4 is 15.4 Å². The fourth-order valence-electron chi connectivity index (χ4n) is 1.50. The first-order valence-corrected chi connectivity index (χ1v) is 7.51. The average molecular weight is 327 g/mol. The maximum Gasteiger partial charge on any atom is 0.243 e. The number of carbonyl (C=O) groups excluding carboxylic acids is 1. The molecule has 1 aromatic carbocycles. The van der Waals surface area contributed by atoms with Crippen LogP contribution in [0.5, 0.6) is 5.75 Å². The lowest BCUT2D eigenvalue weighted by Crippen LogP contribution is -2.40. The summed E-state index contributed by atoms with van der Waals surface area (Å²) < 4.78 is 5.57. The van der Waals surface area contributed by atoms with Crippen molar-refractivity contribution in [2.24, 2.45) is 4.99 Å². The van der Waals surface area contributed by atoms with Crippen LogP contribution in [0.3, 0.4) is 0 Å². The van der Waals surface area contributed by atoms with Crippen LogP contribution in [-0.4, -0.2) is 57.1 Å². The number of carbonyl (C=O) groups is 1. The standard InChI is InChI=1S/C15H23ClN4O2/c1-4-17-15(19-11-14(21)20(2)3)18-9-10-22-13-7-5-12(16)6-8-13/h5-8H,4,9-11H2,1-3H3,(H2,17,18,19). The fraction of sp³-hybridized carbons (Fsp3) is 0.467. The molecule has 122 valence electrons. The van der Waals surface area contributed by atoms with Crippen LogP contribution in [-0.2, 0) is 4.79 Å². The van der Waals surface area contributed by atoms with Gasteiger partial charge in [-0.3, -0.25) is 4.79 Å². The monoisotopic (exact) mass is 326 g/mol.